The van der Waals surface area contributed by atoms with Crippen LogP contribution in [0, 0.1) is 13.8 Å². The van der Waals surface area contributed by atoms with Crippen LogP contribution in [0.3, 0.4) is 0 Å². The molecule has 2 heterocycles. The molecule has 6 nitrogen and oxygen atoms in total. The summed E-state index contributed by atoms with van der Waals surface area (Å²) in [5, 5.41) is 8.04. The Hall–Kier alpha value is -2.34. The molecule has 0 saturated carbocycles. The van der Waals surface area contributed by atoms with Gasteiger partial charge in [-0.1, -0.05) is 6.07 Å². The number of hydrogen-bond donors (Lipinski definition) is 1. The lowest BCUT2D eigenvalue weighted by Gasteiger charge is -2.15. The molecule has 0 amide bonds. The smallest absolute Gasteiger partial charge is 0.308 e. The summed E-state index contributed by atoms with van der Waals surface area (Å²) in [4.78, 5) is 12.0. The van der Waals surface area contributed by atoms with Gasteiger partial charge in [0.1, 0.15) is 0 Å². The lowest BCUT2D eigenvalue weighted by atomic mass is 10.2. The van der Waals surface area contributed by atoms with Crippen molar-refractivity contribution in [2.75, 3.05) is 0 Å². The van der Waals surface area contributed by atoms with E-state index in [1.807, 2.05) is 24.7 Å². The van der Waals surface area contributed by atoms with Gasteiger partial charge in [0.2, 0.25) is 0 Å². The first-order valence-corrected chi connectivity index (χ1v) is 8.25. The number of hydrogen-bond acceptors (Lipinski definition) is 3. The number of imidazole rings is 1. The summed E-state index contributed by atoms with van der Waals surface area (Å²) < 4.78 is 5.41. The fraction of sp³-hybridized carbons (Fsp3) is 0.444. The van der Waals surface area contributed by atoms with Gasteiger partial charge in [-0.3, -0.25) is 13.8 Å². The number of nitrogens with one attached hydrogen (secondary N) is 1. The first-order valence-electron chi connectivity index (χ1n) is 8.25. The third-order valence-electron chi connectivity index (χ3n) is 4.54. The molecular formula is C18H25N5O. The zero-order valence-electron chi connectivity index (χ0n) is 15.0. The Morgan fingerprint density at radius 1 is 1.12 bits per heavy atom. The molecule has 3 aromatic rings. The molecule has 1 atom stereocenters. The van der Waals surface area contributed by atoms with Crippen molar-refractivity contribution in [2.24, 2.45) is 14.1 Å². The number of aromatic nitrogens is 4. The van der Waals surface area contributed by atoms with Gasteiger partial charge < -0.3 is 5.32 Å². The van der Waals surface area contributed by atoms with Crippen molar-refractivity contribution in [3.05, 3.63) is 51.7 Å². The molecule has 0 aliphatic heterocycles. The van der Waals surface area contributed by atoms with Crippen LogP contribution in [0.4, 0.5) is 0 Å². The molecule has 1 aromatic carbocycles. The topological polar surface area (TPSA) is 56.8 Å². The molecule has 0 unspecified atom stereocenters. The zero-order valence-corrected chi connectivity index (χ0v) is 15.0. The fourth-order valence-corrected chi connectivity index (χ4v) is 3.14. The molecule has 1 N–H and O–H groups in total. The maximum absolute atomic E-state index is 12.0. The highest BCUT2D eigenvalue weighted by molar-refractivity contribution is 5.76. The first kappa shape index (κ1) is 16.5. The number of rotatable bonds is 5. The largest absolute Gasteiger partial charge is 0.328 e. The number of fused-ring (bicyclic) bond motifs is 1. The molecule has 6 heteroatoms. The molecule has 0 fully saturated rings. The van der Waals surface area contributed by atoms with Crippen molar-refractivity contribution < 1.29 is 0 Å². The molecule has 0 radical (unpaired) electrons. The van der Waals surface area contributed by atoms with Crippen LogP contribution < -0.4 is 11.0 Å². The highest BCUT2D eigenvalue weighted by Crippen LogP contribution is 2.14. The van der Waals surface area contributed by atoms with Crippen LogP contribution in [0.1, 0.15) is 23.9 Å². The lowest BCUT2D eigenvalue weighted by Crippen LogP contribution is -2.30. The van der Waals surface area contributed by atoms with Gasteiger partial charge in [-0.15, -0.1) is 0 Å². The molecule has 0 spiro atoms. The van der Waals surface area contributed by atoms with E-state index in [4.69, 9.17) is 0 Å². The minimum atomic E-state index is 0.00741. The molecule has 0 aliphatic carbocycles. The maximum Gasteiger partial charge on any atom is 0.328 e. The fourth-order valence-electron chi connectivity index (χ4n) is 3.14. The van der Waals surface area contributed by atoms with Gasteiger partial charge in [0.25, 0.3) is 0 Å². The molecule has 128 valence electrons. The van der Waals surface area contributed by atoms with Gasteiger partial charge in [-0.2, -0.15) is 5.10 Å². The highest BCUT2D eigenvalue weighted by atomic mass is 16.1. The van der Waals surface area contributed by atoms with Crippen molar-refractivity contribution in [3.63, 3.8) is 0 Å². The van der Waals surface area contributed by atoms with Gasteiger partial charge in [-0.25, -0.2) is 4.79 Å². The van der Waals surface area contributed by atoms with E-state index < -0.39 is 0 Å². The van der Waals surface area contributed by atoms with Crippen molar-refractivity contribution >= 4 is 11.0 Å². The van der Waals surface area contributed by atoms with E-state index in [1.54, 1.807) is 16.2 Å². The second-order valence-electron chi connectivity index (χ2n) is 6.61. The van der Waals surface area contributed by atoms with Gasteiger partial charge in [0.15, 0.2) is 0 Å². The van der Waals surface area contributed by atoms with Gasteiger partial charge in [-0.05, 0) is 44.5 Å². The normalized spacial score (nSPS) is 12.9. The summed E-state index contributed by atoms with van der Waals surface area (Å²) in [7, 11) is 3.62. The van der Waals surface area contributed by atoms with Crippen LogP contribution in [0.15, 0.2) is 29.1 Å². The van der Waals surface area contributed by atoms with Crippen LogP contribution in [-0.4, -0.2) is 25.0 Å². The lowest BCUT2D eigenvalue weighted by molar-refractivity contribution is 0.444. The Morgan fingerprint density at radius 2 is 1.83 bits per heavy atom. The Labute approximate surface area is 141 Å². The van der Waals surface area contributed by atoms with E-state index in [0.29, 0.717) is 6.04 Å². The van der Waals surface area contributed by atoms with Gasteiger partial charge >= 0.3 is 5.69 Å². The zero-order chi connectivity index (χ0) is 17.4. The minimum absolute atomic E-state index is 0.00741. The monoisotopic (exact) mass is 327 g/mol. The van der Waals surface area contributed by atoms with E-state index >= 15 is 0 Å². The summed E-state index contributed by atoms with van der Waals surface area (Å²) in [6, 6.07) is 8.57. The predicted molar refractivity (Wildman–Crippen MR) is 96.2 cm³/mol. The minimum Gasteiger partial charge on any atom is -0.308 e. The molecule has 0 saturated heterocycles. The number of aryl methyl sites for hydroxylation is 4. The molecule has 0 bridgehead atoms. The maximum atomic E-state index is 12.0. The van der Waals surface area contributed by atoms with Crippen LogP contribution in [0.25, 0.3) is 11.0 Å². The van der Waals surface area contributed by atoms with E-state index in [2.05, 4.69) is 42.5 Å². The first-order chi connectivity index (χ1) is 11.4. The Bertz CT molecular complexity index is 931. The summed E-state index contributed by atoms with van der Waals surface area (Å²) in [6.45, 7) is 7.86. The standard InChI is InChI=1S/C18H25N5O/c1-12-8-14(3)23(20-12)11-13(2)19-10-15-6-7-16-17(9-15)22(5)18(24)21(16)4/h6-9,13,19H,10-11H2,1-5H3/t13-/m0/s1. The van der Waals surface area contributed by atoms with Crippen LogP contribution in [-0.2, 0) is 27.2 Å². The van der Waals surface area contributed by atoms with Crippen molar-refractivity contribution in [3.8, 4) is 0 Å². The van der Waals surface area contributed by atoms with Crippen molar-refractivity contribution in [1.82, 2.24) is 24.2 Å². The third kappa shape index (κ3) is 3.01. The Balaban J connectivity index is 1.70. The van der Waals surface area contributed by atoms with Crippen LogP contribution in [0.5, 0.6) is 0 Å². The molecule has 3 rings (SSSR count). The molecule has 2 aromatic heterocycles. The SMILES string of the molecule is Cc1cc(C)n(C[C@H](C)NCc2ccc3c(c2)n(C)c(=O)n3C)n1. The van der Waals surface area contributed by atoms with Crippen LogP contribution in [0.2, 0.25) is 0 Å². The van der Waals surface area contributed by atoms with Crippen molar-refractivity contribution in [2.45, 2.75) is 39.9 Å². The quantitative estimate of drug-likeness (QED) is 0.778. The molecular weight excluding hydrogens is 302 g/mol. The second-order valence-corrected chi connectivity index (χ2v) is 6.61. The number of nitrogens with zero attached hydrogens (tertiary/aromatic N) is 4. The number of benzene rings is 1. The Morgan fingerprint density at radius 3 is 2.50 bits per heavy atom. The average molecular weight is 327 g/mol. The van der Waals surface area contributed by atoms with E-state index in [9.17, 15) is 4.79 Å². The van der Waals surface area contributed by atoms with Crippen LogP contribution >= 0.6 is 0 Å². The third-order valence-corrected chi connectivity index (χ3v) is 4.54. The Kier molecular flexibility index (Phi) is 4.32. The predicted octanol–water partition coefficient (Wildman–Crippen LogP) is 1.87. The second kappa shape index (κ2) is 6.28. The van der Waals surface area contributed by atoms with Crippen molar-refractivity contribution in [1.29, 1.82) is 0 Å². The molecule has 24 heavy (non-hydrogen) atoms. The highest BCUT2D eigenvalue weighted by Gasteiger charge is 2.10. The van der Waals surface area contributed by atoms with E-state index in [-0.39, 0.29) is 5.69 Å². The average Bonchev–Trinajstić information content (AvgIpc) is 2.97. The van der Waals surface area contributed by atoms with E-state index in [0.717, 1.165) is 29.8 Å². The van der Waals surface area contributed by atoms with Gasteiger partial charge in [0.05, 0.1) is 23.3 Å². The van der Waals surface area contributed by atoms with Gasteiger partial charge in [0, 0.05) is 32.4 Å². The summed E-state index contributed by atoms with van der Waals surface area (Å²) in [6.07, 6.45) is 0. The summed E-state index contributed by atoms with van der Waals surface area (Å²) in [5.74, 6) is 0. The van der Waals surface area contributed by atoms with E-state index in [1.165, 1.54) is 11.3 Å². The summed E-state index contributed by atoms with van der Waals surface area (Å²) >= 11 is 0. The molecule has 0 aliphatic rings. The summed E-state index contributed by atoms with van der Waals surface area (Å²) in [5.41, 5.74) is 5.34.